The smallest absolute Gasteiger partial charge is 0.391 e. The lowest BCUT2D eigenvalue weighted by Gasteiger charge is -2.26. The van der Waals surface area contributed by atoms with Crippen LogP contribution in [-0.4, -0.2) is 73.4 Å². The third-order valence-corrected chi connectivity index (χ3v) is 13.9. The van der Waals surface area contributed by atoms with Gasteiger partial charge in [0.05, 0.1) is 39.9 Å². The zero-order valence-corrected chi connectivity index (χ0v) is 44.9. The predicted molar refractivity (Wildman–Crippen MR) is 281 cm³/mol. The maximum absolute atomic E-state index is 13.0. The number of phosphoric ester groups is 1. The number of hydrogen-bond acceptors (Lipinski definition) is 5. The Balaban J connectivity index is 4.13. The molecular weight excluding hydrogens is 828 g/mol. The summed E-state index contributed by atoms with van der Waals surface area (Å²) in [5.41, 5.74) is 0. The third kappa shape index (κ3) is 50.7. The number of aliphatic hydroxyl groups excluding tert-OH is 1. The second-order valence-electron chi connectivity index (χ2n) is 20.7. The molecule has 0 aliphatic carbocycles. The van der Waals surface area contributed by atoms with Gasteiger partial charge < -0.3 is 19.8 Å². The van der Waals surface area contributed by atoms with Gasteiger partial charge in [0.2, 0.25) is 5.91 Å². The topological polar surface area (TPSA) is 105 Å². The summed E-state index contributed by atoms with van der Waals surface area (Å²) in [4.78, 5) is 23.3. The van der Waals surface area contributed by atoms with Crippen molar-refractivity contribution in [3.05, 3.63) is 24.3 Å². The number of allylic oxidation sites excluding steroid dienone is 4. The van der Waals surface area contributed by atoms with E-state index in [0.29, 0.717) is 23.9 Å². The molecule has 0 saturated carbocycles. The fraction of sp³-hybridized carbons (Fsp3) is 0.911. The van der Waals surface area contributed by atoms with Gasteiger partial charge in [-0.15, -0.1) is 0 Å². The highest BCUT2D eigenvalue weighted by Gasteiger charge is 2.28. The van der Waals surface area contributed by atoms with E-state index in [4.69, 9.17) is 9.05 Å². The average Bonchev–Trinajstić information content (AvgIpc) is 3.26. The minimum atomic E-state index is -4.32. The van der Waals surface area contributed by atoms with Crippen molar-refractivity contribution < 1.29 is 32.9 Å². The molecule has 0 aromatic heterocycles. The van der Waals surface area contributed by atoms with Crippen LogP contribution in [0.1, 0.15) is 277 Å². The number of amides is 1. The lowest BCUT2D eigenvalue weighted by molar-refractivity contribution is -0.870. The molecule has 0 aliphatic rings. The Labute approximate surface area is 404 Å². The van der Waals surface area contributed by atoms with Gasteiger partial charge in [-0.3, -0.25) is 13.8 Å². The van der Waals surface area contributed by atoms with Crippen molar-refractivity contribution in [1.29, 1.82) is 0 Å². The van der Waals surface area contributed by atoms with Crippen LogP contribution in [0.2, 0.25) is 0 Å². The number of aliphatic hydroxyl groups is 1. The number of carbonyl (C=O) groups excluding carboxylic acids is 1. The van der Waals surface area contributed by atoms with Crippen LogP contribution >= 0.6 is 7.82 Å². The SMILES string of the molecule is CCCCCC/C=C\C/C=C\CCCCCCCC(=O)NC(COP(=O)(O)OCC[N+](C)(C)C)C(O)CCCCCCCCCCCCCCCCCCCCCCCCCCCCC. The van der Waals surface area contributed by atoms with Gasteiger partial charge in [0, 0.05) is 6.42 Å². The molecule has 0 rings (SSSR count). The number of likely N-dealkylation sites (N-methyl/N-ethyl adjacent to an activating group) is 1. The highest BCUT2D eigenvalue weighted by Crippen LogP contribution is 2.43. The molecule has 0 aromatic rings. The second kappa shape index (κ2) is 48.0. The molecule has 65 heavy (non-hydrogen) atoms. The lowest BCUT2D eigenvalue weighted by Crippen LogP contribution is -2.46. The average molecular weight is 940 g/mol. The quantitative estimate of drug-likeness (QED) is 0.0243. The van der Waals surface area contributed by atoms with Crippen molar-refractivity contribution in [3.63, 3.8) is 0 Å². The Morgan fingerprint density at radius 1 is 0.523 bits per heavy atom. The van der Waals surface area contributed by atoms with Gasteiger partial charge in [-0.25, -0.2) is 4.57 Å². The van der Waals surface area contributed by atoms with Crippen molar-refractivity contribution in [3.8, 4) is 0 Å². The van der Waals surface area contributed by atoms with E-state index < -0.39 is 20.0 Å². The molecular formula is C56H112N2O6P+. The molecule has 0 saturated heterocycles. The number of carbonyl (C=O) groups is 1. The molecule has 1 amide bonds. The third-order valence-electron chi connectivity index (χ3n) is 13.0. The lowest BCUT2D eigenvalue weighted by atomic mass is 10.0. The Morgan fingerprint density at radius 3 is 1.28 bits per heavy atom. The van der Waals surface area contributed by atoms with Crippen LogP contribution in [0, 0.1) is 0 Å². The summed E-state index contributed by atoms with van der Waals surface area (Å²) < 4.78 is 23.7. The highest BCUT2D eigenvalue weighted by atomic mass is 31.2. The number of nitrogens with one attached hydrogen (secondary N) is 1. The molecule has 386 valence electrons. The molecule has 0 heterocycles. The summed E-state index contributed by atoms with van der Waals surface area (Å²) in [6.45, 7) is 4.89. The zero-order valence-electron chi connectivity index (χ0n) is 44.0. The van der Waals surface area contributed by atoms with Crippen molar-refractivity contribution in [2.24, 2.45) is 0 Å². The molecule has 0 bridgehead atoms. The summed E-state index contributed by atoms with van der Waals surface area (Å²) in [6, 6.07) is -0.767. The van der Waals surface area contributed by atoms with Crippen LogP contribution in [0.25, 0.3) is 0 Å². The number of phosphoric acid groups is 1. The molecule has 0 aromatic carbocycles. The fourth-order valence-corrected chi connectivity index (χ4v) is 9.23. The standard InChI is InChI=1S/C56H111N2O6P/c1-6-8-10-12-14-16-18-20-22-24-25-26-27-28-29-30-31-32-33-34-35-37-39-41-43-45-47-49-55(59)54(53-64-65(61,62)63-52-51-58(3,4)5)57-56(60)50-48-46-44-42-40-38-36-23-21-19-17-15-13-11-9-7-2/h17,19,23,36,54-55,59H,6-16,18,20-22,24-35,37-53H2,1-5H3,(H-,57,60,61,62)/p+1/b19-17-,36-23-. The van der Waals surface area contributed by atoms with Crippen LogP contribution < -0.4 is 5.32 Å². The van der Waals surface area contributed by atoms with Gasteiger partial charge in [0.1, 0.15) is 13.2 Å². The summed E-state index contributed by atoms with van der Waals surface area (Å²) in [5.74, 6) is -0.155. The molecule has 9 heteroatoms. The minimum Gasteiger partial charge on any atom is -0.391 e. The van der Waals surface area contributed by atoms with Gasteiger partial charge in [0.15, 0.2) is 0 Å². The summed E-state index contributed by atoms with van der Waals surface area (Å²) in [7, 11) is 1.61. The Morgan fingerprint density at radius 2 is 0.877 bits per heavy atom. The predicted octanol–water partition coefficient (Wildman–Crippen LogP) is 16.8. The number of hydrogen-bond donors (Lipinski definition) is 3. The number of rotatable bonds is 52. The van der Waals surface area contributed by atoms with Crippen LogP contribution in [0.4, 0.5) is 0 Å². The van der Waals surface area contributed by atoms with E-state index in [2.05, 4.69) is 43.5 Å². The van der Waals surface area contributed by atoms with Gasteiger partial charge in [-0.05, 0) is 44.9 Å². The first-order chi connectivity index (χ1) is 31.5. The van der Waals surface area contributed by atoms with Gasteiger partial charge in [0.25, 0.3) is 0 Å². The van der Waals surface area contributed by atoms with Gasteiger partial charge >= 0.3 is 7.82 Å². The highest BCUT2D eigenvalue weighted by molar-refractivity contribution is 7.47. The monoisotopic (exact) mass is 940 g/mol. The summed E-state index contributed by atoms with van der Waals surface area (Å²) in [5, 5.41) is 14.0. The van der Waals surface area contributed by atoms with E-state index in [0.717, 1.165) is 64.2 Å². The largest absolute Gasteiger partial charge is 0.472 e. The van der Waals surface area contributed by atoms with Crippen molar-refractivity contribution in [2.75, 3.05) is 40.9 Å². The number of nitrogens with zero attached hydrogens (tertiary/aromatic N) is 1. The van der Waals surface area contributed by atoms with E-state index in [1.807, 2.05) is 21.1 Å². The molecule has 0 aliphatic heterocycles. The number of quaternary nitrogens is 1. The summed E-state index contributed by atoms with van der Waals surface area (Å²) >= 11 is 0. The van der Waals surface area contributed by atoms with Crippen LogP contribution in [0.5, 0.6) is 0 Å². The molecule has 3 atom stereocenters. The van der Waals surface area contributed by atoms with Gasteiger partial charge in [-0.1, -0.05) is 250 Å². The number of unbranched alkanes of at least 4 members (excludes halogenated alkanes) is 35. The first-order valence-corrected chi connectivity index (χ1v) is 29.7. The first kappa shape index (κ1) is 64.0. The van der Waals surface area contributed by atoms with E-state index in [1.54, 1.807) is 0 Å². The Hall–Kier alpha value is -1.02. The van der Waals surface area contributed by atoms with Crippen molar-refractivity contribution in [1.82, 2.24) is 5.32 Å². The minimum absolute atomic E-state index is 0.0728. The van der Waals surface area contributed by atoms with Crippen LogP contribution in [0.15, 0.2) is 24.3 Å². The van der Waals surface area contributed by atoms with Crippen molar-refractivity contribution >= 4 is 13.7 Å². The first-order valence-electron chi connectivity index (χ1n) is 28.2. The molecule has 8 nitrogen and oxygen atoms in total. The van der Waals surface area contributed by atoms with E-state index in [9.17, 15) is 19.4 Å². The molecule has 3 unspecified atom stereocenters. The maximum atomic E-state index is 13.0. The molecule has 3 N–H and O–H groups in total. The zero-order chi connectivity index (χ0) is 47.8. The van der Waals surface area contributed by atoms with E-state index in [-0.39, 0.29) is 19.1 Å². The summed E-state index contributed by atoms with van der Waals surface area (Å²) in [6.07, 6.45) is 59.5. The normalized spacial score (nSPS) is 14.1. The second-order valence-corrected chi connectivity index (χ2v) is 22.1. The molecule has 0 spiro atoms. The Kier molecular flexibility index (Phi) is 47.3. The van der Waals surface area contributed by atoms with Gasteiger partial charge in [-0.2, -0.15) is 0 Å². The van der Waals surface area contributed by atoms with E-state index >= 15 is 0 Å². The maximum Gasteiger partial charge on any atom is 0.472 e. The fourth-order valence-electron chi connectivity index (χ4n) is 8.49. The Bertz CT molecular complexity index is 1110. The van der Waals surface area contributed by atoms with Crippen LogP contribution in [-0.2, 0) is 18.4 Å². The molecule has 0 radical (unpaired) electrons. The molecule has 0 fully saturated rings. The van der Waals surface area contributed by atoms with E-state index in [1.165, 1.54) is 186 Å². The van der Waals surface area contributed by atoms with Crippen LogP contribution in [0.3, 0.4) is 0 Å². The van der Waals surface area contributed by atoms with Crippen molar-refractivity contribution in [2.45, 2.75) is 289 Å².